The van der Waals surface area contributed by atoms with Gasteiger partial charge in [-0.2, -0.15) is 0 Å². The Bertz CT molecular complexity index is 1090. The molecule has 0 N–H and O–H groups in total. The van der Waals surface area contributed by atoms with Crippen LogP contribution < -0.4 is 0 Å². The Hall–Kier alpha value is -2.53. The summed E-state index contributed by atoms with van der Waals surface area (Å²) in [6.07, 6.45) is 11.3. The molecule has 35 heavy (non-hydrogen) atoms. The molecule has 2 aromatic rings. The van der Waals surface area contributed by atoms with Crippen LogP contribution in [-0.4, -0.2) is 46.0 Å². The second-order valence-electron chi connectivity index (χ2n) is 10.2. The van der Waals surface area contributed by atoms with Crippen LogP contribution in [0.4, 0.5) is 0 Å². The number of likely N-dealkylation sites (tertiary alicyclic amines) is 1. The van der Waals surface area contributed by atoms with E-state index in [-0.39, 0.29) is 11.8 Å². The number of carbonyl (C=O) groups excluding carboxylic acids is 2. The summed E-state index contributed by atoms with van der Waals surface area (Å²) in [6.45, 7) is 4.51. The van der Waals surface area contributed by atoms with Crippen molar-refractivity contribution >= 4 is 29.7 Å². The van der Waals surface area contributed by atoms with Gasteiger partial charge in [-0.3, -0.25) is 9.59 Å². The van der Waals surface area contributed by atoms with Crippen LogP contribution >= 0.6 is 11.8 Å². The Labute approximate surface area is 213 Å². The summed E-state index contributed by atoms with van der Waals surface area (Å²) in [5.74, 6) is 0.273. The van der Waals surface area contributed by atoms with Crippen LogP contribution in [0, 0.1) is 6.92 Å². The summed E-state index contributed by atoms with van der Waals surface area (Å²) in [5, 5.41) is 0.459. The smallest absolute Gasteiger partial charge is 0.260 e. The van der Waals surface area contributed by atoms with E-state index in [1.54, 1.807) is 11.8 Å². The van der Waals surface area contributed by atoms with Gasteiger partial charge >= 0.3 is 0 Å². The van der Waals surface area contributed by atoms with Gasteiger partial charge in [-0.1, -0.05) is 62.1 Å². The van der Waals surface area contributed by atoms with Crippen LogP contribution in [0.3, 0.4) is 0 Å². The van der Waals surface area contributed by atoms with Crippen molar-refractivity contribution in [2.45, 2.75) is 76.1 Å². The highest BCUT2D eigenvalue weighted by Gasteiger charge is 2.40. The molecule has 4 nitrogen and oxygen atoms in total. The molecule has 0 bridgehead atoms. The standard InChI is InChI=1S/C30H36N2O2S/c1-22-10-4-5-11-25(22)21-32-26-12-6-7-13-27(26)35-28(30(32)34)20-23-14-16-24(17-15-23)29(33)31-18-8-2-3-9-19-31/h4-5,10-11,14-17,20,26-27H,2-3,6-9,12-13,18-19,21H2,1H3/b28-20+. The number of hydrogen-bond acceptors (Lipinski definition) is 3. The lowest BCUT2D eigenvalue weighted by Crippen LogP contribution is -2.50. The van der Waals surface area contributed by atoms with Gasteiger partial charge in [-0.15, -0.1) is 11.8 Å². The highest BCUT2D eigenvalue weighted by molar-refractivity contribution is 8.04. The Kier molecular flexibility index (Phi) is 7.62. The van der Waals surface area contributed by atoms with E-state index in [0.29, 0.717) is 17.8 Å². The number of amides is 2. The minimum absolute atomic E-state index is 0.128. The first-order chi connectivity index (χ1) is 17.1. The summed E-state index contributed by atoms with van der Waals surface area (Å²) < 4.78 is 0. The lowest BCUT2D eigenvalue weighted by Gasteiger charge is -2.44. The number of rotatable bonds is 4. The zero-order valence-corrected chi connectivity index (χ0v) is 21.6. The predicted molar refractivity (Wildman–Crippen MR) is 144 cm³/mol. The van der Waals surface area contributed by atoms with Gasteiger partial charge in [0.2, 0.25) is 0 Å². The lowest BCUT2D eigenvalue weighted by molar-refractivity contribution is -0.130. The third kappa shape index (κ3) is 5.50. The lowest BCUT2D eigenvalue weighted by atomic mass is 9.92. The molecule has 0 aromatic heterocycles. The molecule has 5 rings (SSSR count). The van der Waals surface area contributed by atoms with Crippen LogP contribution in [0.2, 0.25) is 0 Å². The monoisotopic (exact) mass is 488 g/mol. The first-order valence-electron chi connectivity index (χ1n) is 13.2. The van der Waals surface area contributed by atoms with Gasteiger partial charge in [0, 0.05) is 36.5 Å². The largest absolute Gasteiger partial charge is 0.339 e. The average Bonchev–Trinajstić information content (AvgIpc) is 3.17. The molecule has 2 heterocycles. The highest BCUT2D eigenvalue weighted by atomic mass is 32.2. The summed E-state index contributed by atoms with van der Waals surface area (Å²) in [5.41, 5.74) is 4.19. The van der Waals surface area contributed by atoms with Gasteiger partial charge in [0.1, 0.15) is 0 Å². The number of carbonyl (C=O) groups is 2. The summed E-state index contributed by atoms with van der Waals surface area (Å²) in [4.78, 5) is 31.6. The van der Waals surface area contributed by atoms with Gasteiger partial charge in [0.15, 0.2) is 0 Å². The molecular weight excluding hydrogens is 452 g/mol. The maximum absolute atomic E-state index is 13.7. The molecule has 2 aliphatic heterocycles. The molecule has 184 valence electrons. The zero-order valence-electron chi connectivity index (χ0n) is 20.7. The van der Waals surface area contributed by atoms with Crippen molar-refractivity contribution in [1.82, 2.24) is 9.80 Å². The minimum atomic E-state index is 0.128. The fourth-order valence-corrected chi connectivity index (χ4v) is 7.14. The van der Waals surface area contributed by atoms with E-state index in [2.05, 4.69) is 36.1 Å². The van der Waals surface area contributed by atoms with Gasteiger partial charge < -0.3 is 9.80 Å². The first kappa shape index (κ1) is 24.2. The molecule has 2 amide bonds. The summed E-state index contributed by atoms with van der Waals surface area (Å²) >= 11 is 1.77. The number of thioether (sulfide) groups is 1. The fraction of sp³-hybridized carbons (Fsp3) is 0.467. The third-order valence-corrected chi connectivity index (χ3v) is 9.17. The molecule has 2 saturated heterocycles. The topological polar surface area (TPSA) is 40.6 Å². The molecule has 5 heteroatoms. The normalized spacial score (nSPS) is 24.3. The number of benzene rings is 2. The molecule has 0 radical (unpaired) electrons. The SMILES string of the molecule is Cc1ccccc1CN1C(=O)/C(=C\c2ccc(C(=O)N3CCCCCC3)cc2)SC2CCCCC21. The zero-order chi connectivity index (χ0) is 24.2. The number of hydrogen-bond donors (Lipinski definition) is 0. The van der Waals surface area contributed by atoms with Gasteiger partial charge in [-0.05, 0) is 67.5 Å². The molecule has 3 aliphatic rings. The Morgan fingerprint density at radius 1 is 0.943 bits per heavy atom. The van der Waals surface area contributed by atoms with Crippen LogP contribution in [-0.2, 0) is 11.3 Å². The average molecular weight is 489 g/mol. The Morgan fingerprint density at radius 2 is 1.66 bits per heavy atom. The van der Waals surface area contributed by atoms with E-state index < -0.39 is 0 Å². The van der Waals surface area contributed by atoms with Gasteiger partial charge in [-0.25, -0.2) is 0 Å². The highest BCUT2D eigenvalue weighted by Crippen LogP contribution is 2.42. The van der Waals surface area contributed by atoms with Crippen molar-refractivity contribution in [3.05, 3.63) is 75.7 Å². The van der Waals surface area contributed by atoms with Crippen LogP contribution in [0.25, 0.3) is 6.08 Å². The third-order valence-electron chi connectivity index (χ3n) is 7.77. The van der Waals surface area contributed by atoms with Crippen molar-refractivity contribution < 1.29 is 9.59 Å². The van der Waals surface area contributed by atoms with Gasteiger partial charge in [0.05, 0.1) is 4.91 Å². The van der Waals surface area contributed by atoms with E-state index >= 15 is 0 Å². The molecular formula is C30H36N2O2S. The molecule has 3 fully saturated rings. The van der Waals surface area contributed by atoms with Crippen molar-refractivity contribution in [2.75, 3.05) is 13.1 Å². The molecule has 2 atom stereocenters. The summed E-state index contributed by atoms with van der Waals surface area (Å²) in [6, 6.07) is 16.5. The molecule has 0 spiro atoms. The fourth-order valence-electron chi connectivity index (χ4n) is 5.66. The van der Waals surface area contributed by atoms with Gasteiger partial charge in [0.25, 0.3) is 11.8 Å². The number of fused-ring (bicyclic) bond motifs is 1. The van der Waals surface area contributed by atoms with Crippen molar-refractivity contribution in [2.24, 2.45) is 0 Å². The molecule has 2 aromatic carbocycles. The van der Waals surface area contributed by atoms with Crippen LogP contribution in [0.15, 0.2) is 53.4 Å². The Morgan fingerprint density at radius 3 is 2.40 bits per heavy atom. The van der Waals surface area contributed by atoms with Crippen LogP contribution in [0.5, 0.6) is 0 Å². The van der Waals surface area contributed by atoms with Crippen molar-refractivity contribution in [1.29, 1.82) is 0 Å². The van der Waals surface area contributed by atoms with E-state index in [1.165, 1.54) is 36.8 Å². The second kappa shape index (κ2) is 11.0. The second-order valence-corrected chi connectivity index (χ2v) is 11.5. The van der Waals surface area contributed by atoms with Crippen molar-refractivity contribution in [3.8, 4) is 0 Å². The number of aryl methyl sites for hydroxylation is 1. The maximum Gasteiger partial charge on any atom is 0.260 e. The number of nitrogens with zero attached hydrogens (tertiary/aromatic N) is 2. The summed E-state index contributed by atoms with van der Waals surface area (Å²) in [7, 11) is 0. The predicted octanol–water partition coefficient (Wildman–Crippen LogP) is 6.44. The Balaban J connectivity index is 1.35. The maximum atomic E-state index is 13.7. The first-order valence-corrected chi connectivity index (χ1v) is 14.1. The van der Waals surface area contributed by atoms with E-state index in [1.807, 2.05) is 35.2 Å². The minimum Gasteiger partial charge on any atom is -0.339 e. The molecule has 2 unspecified atom stereocenters. The molecule has 1 aliphatic carbocycles. The van der Waals surface area contributed by atoms with Crippen LogP contribution in [0.1, 0.15) is 78.4 Å². The van der Waals surface area contributed by atoms with E-state index in [0.717, 1.165) is 54.8 Å². The molecule has 1 saturated carbocycles. The van der Waals surface area contributed by atoms with Crippen molar-refractivity contribution in [3.63, 3.8) is 0 Å². The quantitative estimate of drug-likeness (QED) is 0.465. The van der Waals surface area contributed by atoms with E-state index in [9.17, 15) is 9.59 Å². The van der Waals surface area contributed by atoms with E-state index in [4.69, 9.17) is 0 Å².